The van der Waals surface area contributed by atoms with Crippen molar-refractivity contribution in [3.05, 3.63) is 99.6 Å². The fourth-order valence-electron chi connectivity index (χ4n) is 3.42. The molecule has 0 atom stereocenters. The molecular formula is C25H24F2N4O. The Hall–Kier alpha value is -3.61. The van der Waals surface area contributed by atoms with Gasteiger partial charge in [0.15, 0.2) is 0 Å². The van der Waals surface area contributed by atoms with Crippen LogP contribution in [0.15, 0.2) is 54.4 Å². The molecule has 5 nitrogen and oxygen atoms in total. The van der Waals surface area contributed by atoms with Crippen molar-refractivity contribution in [3.8, 4) is 0 Å². The molecule has 0 unspecified atom stereocenters. The van der Waals surface area contributed by atoms with Crippen LogP contribution in [-0.4, -0.2) is 15.9 Å². The van der Waals surface area contributed by atoms with E-state index in [1.54, 1.807) is 38.1 Å². The van der Waals surface area contributed by atoms with Crippen molar-refractivity contribution in [1.29, 1.82) is 0 Å². The summed E-state index contributed by atoms with van der Waals surface area (Å²) in [5.74, 6) is -0.828. The van der Waals surface area contributed by atoms with E-state index >= 15 is 0 Å². The molecule has 2 N–H and O–H groups in total. The Balaban J connectivity index is 1.45. The Labute approximate surface area is 185 Å². The van der Waals surface area contributed by atoms with Gasteiger partial charge in [0.25, 0.3) is 5.91 Å². The Bertz CT molecular complexity index is 1200. The molecular weight excluding hydrogens is 410 g/mol. The number of benzene rings is 2. The van der Waals surface area contributed by atoms with E-state index in [0.717, 1.165) is 29.7 Å². The molecule has 32 heavy (non-hydrogen) atoms. The fraction of sp³-hybridized carbons (Fsp3) is 0.240. The summed E-state index contributed by atoms with van der Waals surface area (Å²) in [5.41, 5.74) is 5.92. The van der Waals surface area contributed by atoms with Gasteiger partial charge in [-0.05, 0) is 72.7 Å². The molecule has 7 heteroatoms. The normalized spacial score (nSPS) is 12.4. The zero-order chi connectivity index (χ0) is 22.7. The lowest BCUT2D eigenvalue weighted by atomic mass is 10.1. The van der Waals surface area contributed by atoms with E-state index in [0.29, 0.717) is 23.4 Å². The predicted molar refractivity (Wildman–Crippen MR) is 118 cm³/mol. The number of carbonyl (C=O) groups is 1. The van der Waals surface area contributed by atoms with E-state index in [4.69, 9.17) is 0 Å². The third-order valence-electron chi connectivity index (χ3n) is 5.38. The number of halogens is 2. The van der Waals surface area contributed by atoms with Gasteiger partial charge in [-0.1, -0.05) is 24.3 Å². The van der Waals surface area contributed by atoms with Crippen LogP contribution in [0.4, 0.5) is 8.78 Å². The van der Waals surface area contributed by atoms with E-state index in [1.807, 2.05) is 6.07 Å². The molecule has 0 saturated heterocycles. The van der Waals surface area contributed by atoms with E-state index in [2.05, 4.69) is 20.6 Å². The van der Waals surface area contributed by atoms with Crippen LogP contribution in [0, 0.1) is 25.5 Å². The molecule has 1 fully saturated rings. The largest absolute Gasteiger partial charge is 0.379 e. The van der Waals surface area contributed by atoms with E-state index in [-0.39, 0.29) is 29.8 Å². The van der Waals surface area contributed by atoms with Crippen molar-refractivity contribution in [1.82, 2.24) is 20.6 Å². The summed E-state index contributed by atoms with van der Waals surface area (Å²) in [6.45, 7) is 4.22. The minimum Gasteiger partial charge on any atom is -0.379 e. The second-order valence-corrected chi connectivity index (χ2v) is 7.97. The quantitative estimate of drug-likeness (QED) is 0.571. The highest BCUT2D eigenvalue weighted by molar-refractivity contribution is 5.92. The summed E-state index contributed by atoms with van der Waals surface area (Å²) in [6, 6.07) is 11.4. The van der Waals surface area contributed by atoms with Gasteiger partial charge in [-0.2, -0.15) is 0 Å². The van der Waals surface area contributed by atoms with Crippen molar-refractivity contribution < 1.29 is 13.6 Å². The van der Waals surface area contributed by atoms with E-state index < -0.39 is 0 Å². The second kappa shape index (κ2) is 9.26. The summed E-state index contributed by atoms with van der Waals surface area (Å²) in [5, 5.41) is 6.21. The average Bonchev–Trinajstić information content (AvgIpc) is 3.62. The first kappa shape index (κ1) is 21.6. The van der Waals surface area contributed by atoms with Crippen molar-refractivity contribution >= 4 is 11.6 Å². The number of hydrogen-bond donors (Lipinski definition) is 2. The Kier molecular flexibility index (Phi) is 6.25. The summed E-state index contributed by atoms with van der Waals surface area (Å²) in [4.78, 5) is 21.1. The minimum absolute atomic E-state index is 0.225. The summed E-state index contributed by atoms with van der Waals surface area (Å²) < 4.78 is 27.0. The second-order valence-electron chi connectivity index (χ2n) is 7.97. The van der Waals surface area contributed by atoms with Crippen molar-refractivity contribution in [2.75, 3.05) is 0 Å². The molecule has 0 aliphatic heterocycles. The Morgan fingerprint density at radius 3 is 1.97 bits per heavy atom. The molecule has 3 aromatic rings. The first-order valence-corrected chi connectivity index (χ1v) is 10.5. The molecule has 1 aromatic heterocycles. The lowest BCUT2D eigenvalue weighted by Crippen LogP contribution is -2.24. The SMILES string of the molecule is Cc1cc(CNC(=O)c2cc(C(NCc3ccc(F)c(C)c3)=C3CC3)ncn2)ccc1F. The molecule has 2 aromatic carbocycles. The number of nitrogens with one attached hydrogen (secondary N) is 2. The monoisotopic (exact) mass is 434 g/mol. The average molecular weight is 434 g/mol. The zero-order valence-corrected chi connectivity index (χ0v) is 18.0. The van der Waals surface area contributed by atoms with Gasteiger partial charge < -0.3 is 10.6 Å². The summed E-state index contributed by atoms with van der Waals surface area (Å²) >= 11 is 0. The van der Waals surface area contributed by atoms with Crippen LogP contribution in [0.1, 0.15) is 51.3 Å². The maximum absolute atomic E-state index is 13.5. The molecule has 0 spiro atoms. The van der Waals surface area contributed by atoms with E-state index in [1.165, 1.54) is 24.0 Å². The van der Waals surface area contributed by atoms with Crippen LogP contribution in [0.3, 0.4) is 0 Å². The third-order valence-corrected chi connectivity index (χ3v) is 5.38. The number of aryl methyl sites for hydroxylation is 2. The van der Waals surface area contributed by atoms with Gasteiger partial charge in [0.2, 0.25) is 0 Å². The first-order valence-electron chi connectivity index (χ1n) is 10.5. The maximum atomic E-state index is 13.5. The highest BCUT2D eigenvalue weighted by Crippen LogP contribution is 2.34. The highest BCUT2D eigenvalue weighted by Gasteiger charge is 2.21. The molecule has 1 aliphatic carbocycles. The van der Waals surface area contributed by atoms with Crippen LogP contribution in [0.5, 0.6) is 0 Å². The van der Waals surface area contributed by atoms with Crippen LogP contribution >= 0.6 is 0 Å². The van der Waals surface area contributed by atoms with Crippen LogP contribution < -0.4 is 10.6 Å². The van der Waals surface area contributed by atoms with Crippen LogP contribution in [0.25, 0.3) is 5.70 Å². The van der Waals surface area contributed by atoms with Gasteiger partial charge in [0.05, 0.1) is 11.4 Å². The topological polar surface area (TPSA) is 66.9 Å². The Morgan fingerprint density at radius 1 is 0.844 bits per heavy atom. The number of aromatic nitrogens is 2. The van der Waals surface area contributed by atoms with E-state index in [9.17, 15) is 13.6 Å². The van der Waals surface area contributed by atoms with Crippen molar-refractivity contribution in [2.24, 2.45) is 0 Å². The number of nitrogens with zero attached hydrogens (tertiary/aromatic N) is 2. The molecule has 1 heterocycles. The molecule has 164 valence electrons. The molecule has 1 saturated carbocycles. The minimum atomic E-state index is -0.329. The zero-order valence-electron chi connectivity index (χ0n) is 18.0. The molecule has 1 amide bonds. The summed E-state index contributed by atoms with van der Waals surface area (Å²) in [7, 11) is 0. The van der Waals surface area contributed by atoms with Gasteiger partial charge in [0.1, 0.15) is 23.7 Å². The first-order chi connectivity index (χ1) is 15.4. The van der Waals surface area contributed by atoms with Gasteiger partial charge in [-0.25, -0.2) is 18.7 Å². The molecule has 4 rings (SSSR count). The van der Waals surface area contributed by atoms with Gasteiger partial charge in [-0.3, -0.25) is 4.79 Å². The predicted octanol–water partition coefficient (Wildman–Crippen LogP) is 4.60. The van der Waals surface area contributed by atoms with Gasteiger partial charge in [-0.15, -0.1) is 0 Å². The molecule has 0 radical (unpaired) electrons. The number of rotatable bonds is 7. The maximum Gasteiger partial charge on any atom is 0.270 e. The van der Waals surface area contributed by atoms with Crippen LogP contribution in [-0.2, 0) is 13.1 Å². The fourth-order valence-corrected chi connectivity index (χ4v) is 3.42. The Morgan fingerprint density at radius 2 is 1.41 bits per heavy atom. The number of carbonyl (C=O) groups excluding carboxylic acids is 1. The lowest BCUT2D eigenvalue weighted by Gasteiger charge is -2.12. The summed E-state index contributed by atoms with van der Waals surface area (Å²) in [6.07, 6.45) is 3.32. The number of allylic oxidation sites excluding steroid dienone is 1. The van der Waals surface area contributed by atoms with Gasteiger partial charge in [0, 0.05) is 13.1 Å². The molecule has 1 aliphatic rings. The molecule has 0 bridgehead atoms. The lowest BCUT2D eigenvalue weighted by molar-refractivity contribution is 0.0945. The number of amides is 1. The van der Waals surface area contributed by atoms with Crippen molar-refractivity contribution in [2.45, 2.75) is 39.8 Å². The smallest absolute Gasteiger partial charge is 0.270 e. The third kappa shape index (κ3) is 5.17. The van der Waals surface area contributed by atoms with Crippen molar-refractivity contribution in [3.63, 3.8) is 0 Å². The van der Waals surface area contributed by atoms with Crippen LogP contribution in [0.2, 0.25) is 0 Å². The van der Waals surface area contributed by atoms with Gasteiger partial charge >= 0.3 is 0 Å². The highest BCUT2D eigenvalue weighted by atomic mass is 19.1. The number of hydrogen-bond acceptors (Lipinski definition) is 4. The standard InChI is InChI=1S/C25H24F2N4O/c1-15-9-17(3-7-20(15)26)12-28-24(19-5-6-19)22-11-23(31-14-30-22)25(32)29-13-18-4-8-21(27)16(2)10-18/h3-4,7-11,14,28H,5-6,12-13H2,1-2H3,(H,29,32).